The highest BCUT2D eigenvalue weighted by Crippen LogP contribution is 2.32. The summed E-state index contributed by atoms with van der Waals surface area (Å²) < 4.78 is 12.2. The molecule has 0 saturated carbocycles. The van der Waals surface area contributed by atoms with Crippen LogP contribution in [0.2, 0.25) is 10.0 Å². The number of hydrogen-bond acceptors (Lipinski definition) is 6. The van der Waals surface area contributed by atoms with Gasteiger partial charge < -0.3 is 9.47 Å². The highest BCUT2D eigenvalue weighted by molar-refractivity contribution is 6.37. The van der Waals surface area contributed by atoms with Gasteiger partial charge in [-0.15, -0.1) is 5.10 Å². The van der Waals surface area contributed by atoms with Crippen LogP contribution >= 0.6 is 23.2 Å². The van der Waals surface area contributed by atoms with Gasteiger partial charge in [0.05, 0.1) is 10.0 Å². The number of ether oxygens (including phenoxy) is 2. The van der Waals surface area contributed by atoms with Gasteiger partial charge >= 0.3 is 5.97 Å². The number of aromatic nitrogens is 4. The summed E-state index contributed by atoms with van der Waals surface area (Å²) in [6.07, 6.45) is 1.65. The molecule has 2 aromatic carbocycles. The zero-order chi connectivity index (χ0) is 19.9. The van der Waals surface area contributed by atoms with Gasteiger partial charge in [0.1, 0.15) is 13.2 Å². The maximum Gasteiger partial charge on any atom is 0.357 e. The lowest BCUT2D eigenvalue weighted by molar-refractivity contribution is -0.137. The normalized spacial score (nSPS) is 11.3. The molecule has 3 aromatic rings. The molecule has 0 unspecified atom stereocenters. The Bertz CT molecular complexity index is 970. The van der Waals surface area contributed by atoms with Crippen LogP contribution in [0.5, 0.6) is 5.75 Å². The molecule has 0 atom stereocenters. The Hall–Kier alpha value is -2.90. The number of halogens is 2. The second-order valence-electron chi connectivity index (χ2n) is 5.61. The molecule has 3 rings (SSSR count). The van der Waals surface area contributed by atoms with E-state index in [-0.39, 0.29) is 18.9 Å². The number of tetrazole rings is 1. The van der Waals surface area contributed by atoms with Crippen molar-refractivity contribution in [2.45, 2.75) is 6.92 Å². The second kappa shape index (κ2) is 9.34. The number of aryl methyl sites for hydroxylation is 1. The third kappa shape index (κ3) is 4.88. The molecule has 0 aliphatic carbocycles. The van der Waals surface area contributed by atoms with Gasteiger partial charge in [-0.3, -0.25) is 0 Å². The van der Waals surface area contributed by atoms with Crippen molar-refractivity contribution in [3.8, 4) is 5.75 Å². The Morgan fingerprint density at radius 2 is 1.79 bits per heavy atom. The minimum atomic E-state index is -0.590. The summed E-state index contributed by atoms with van der Waals surface area (Å²) in [6.45, 7) is 1.77. The molecule has 0 radical (unpaired) electrons. The van der Waals surface area contributed by atoms with Gasteiger partial charge in [-0.25, -0.2) is 4.79 Å². The summed E-state index contributed by atoms with van der Waals surface area (Å²) >= 11 is 12.1. The predicted molar refractivity (Wildman–Crippen MR) is 106 cm³/mol. The predicted octanol–water partition coefficient (Wildman–Crippen LogP) is 3.91. The molecule has 28 heavy (non-hydrogen) atoms. The van der Waals surface area contributed by atoms with Gasteiger partial charge in [0.2, 0.25) is 0 Å². The molecule has 0 bridgehead atoms. The lowest BCUT2D eigenvalue weighted by Gasteiger charge is -2.11. The number of hydrogen-bond donors (Lipinski definition) is 0. The topological polar surface area (TPSA) is 79.1 Å². The van der Waals surface area contributed by atoms with Crippen LogP contribution in [0, 0.1) is 6.92 Å². The van der Waals surface area contributed by atoms with Crippen molar-refractivity contribution in [2.75, 3.05) is 13.2 Å². The Labute approximate surface area is 171 Å². The van der Waals surface area contributed by atoms with Crippen molar-refractivity contribution >= 4 is 40.9 Å². The van der Waals surface area contributed by atoms with Crippen molar-refractivity contribution in [3.05, 3.63) is 70.0 Å². The van der Waals surface area contributed by atoms with E-state index in [1.807, 2.05) is 30.3 Å². The molecular formula is C19H16Cl2N4O3. The Morgan fingerprint density at radius 3 is 2.43 bits per heavy atom. The molecule has 1 aromatic heterocycles. The van der Waals surface area contributed by atoms with E-state index < -0.39 is 5.97 Å². The molecule has 0 amide bonds. The van der Waals surface area contributed by atoms with Crippen molar-refractivity contribution < 1.29 is 14.3 Å². The Morgan fingerprint density at radius 1 is 1.07 bits per heavy atom. The van der Waals surface area contributed by atoms with E-state index in [9.17, 15) is 4.79 Å². The van der Waals surface area contributed by atoms with Crippen molar-refractivity contribution in [2.24, 2.45) is 0 Å². The number of benzene rings is 2. The largest absolute Gasteiger partial charge is 0.487 e. The van der Waals surface area contributed by atoms with Gasteiger partial charge in [-0.05, 0) is 41.1 Å². The first kappa shape index (κ1) is 19.9. The molecule has 0 fully saturated rings. The summed E-state index contributed by atoms with van der Waals surface area (Å²) in [7, 11) is 0. The van der Waals surface area contributed by atoms with Crippen molar-refractivity contribution in [1.82, 2.24) is 20.2 Å². The number of nitrogens with zero attached hydrogens (tertiary/aromatic N) is 4. The molecule has 144 valence electrons. The fourth-order valence-corrected chi connectivity index (χ4v) is 2.85. The van der Waals surface area contributed by atoms with Crippen molar-refractivity contribution in [1.29, 1.82) is 0 Å². The van der Waals surface area contributed by atoms with Crippen LogP contribution in [0.4, 0.5) is 0 Å². The number of esters is 1. The zero-order valence-electron chi connectivity index (χ0n) is 14.9. The fraction of sp³-hybridized carbons (Fsp3) is 0.158. The van der Waals surface area contributed by atoms with Crippen LogP contribution in [0.1, 0.15) is 11.4 Å². The van der Waals surface area contributed by atoms with E-state index in [0.29, 0.717) is 21.6 Å². The van der Waals surface area contributed by atoms with E-state index in [4.69, 9.17) is 32.7 Å². The summed E-state index contributed by atoms with van der Waals surface area (Å²) in [5.41, 5.74) is 0.993. The third-order valence-corrected chi connectivity index (χ3v) is 4.24. The number of carbonyl (C=O) groups excluding carboxylic acids is 1. The van der Waals surface area contributed by atoms with Gasteiger partial charge in [0, 0.05) is 0 Å². The summed E-state index contributed by atoms with van der Waals surface area (Å²) in [6, 6.07) is 14.4. The first-order chi connectivity index (χ1) is 13.6. The van der Waals surface area contributed by atoms with E-state index in [1.54, 1.807) is 31.2 Å². The Balaban J connectivity index is 1.69. The van der Waals surface area contributed by atoms with Crippen LogP contribution in [0.15, 0.2) is 48.5 Å². The van der Waals surface area contributed by atoms with Crippen LogP contribution in [-0.4, -0.2) is 39.4 Å². The average Bonchev–Trinajstić information content (AvgIpc) is 3.11. The molecule has 1 heterocycles. The standard InChI is InChI=1S/C19H16Cl2N4O3/c1-13-22-23-24-25(13)17(12-14-6-3-2-4-7-14)19(26)28-11-10-27-18-15(20)8-5-9-16(18)21/h2-9,12H,10-11H2,1H3/b17-12-. The fourth-order valence-electron chi connectivity index (χ4n) is 2.34. The quantitative estimate of drug-likeness (QED) is 0.328. The summed E-state index contributed by atoms with van der Waals surface area (Å²) in [5.74, 6) is 0.213. The maximum absolute atomic E-state index is 12.6. The van der Waals surface area contributed by atoms with Crippen LogP contribution in [0.3, 0.4) is 0 Å². The smallest absolute Gasteiger partial charge is 0.357 e. The van der Waals surface area contributed by atoms with E-state index >= 15 is 0 Å². The first-order valence-electron chi connectivity index (χ1n) is 8.32. The lowest BCUT2D eigenvalue weighted by atomic mass is 10.2. The zero-order valence-corrected chi connectivity index (χ0v) is 16.4. The molecular weight excluding hydrogens is 403 g/mol. The van der Waals surface area contributed by atoms with E-state index in [0.717, 1.165) is 5.56 Å². The van der Waals surface area contributed by atoms with Crippen LogP contribution in [-0.2, 0) is 9.53 Å². The van der Waals surface area contributed by atoms with Crippen molar-refractivity contribution in [3.63, 3.8) is 0 Å². The minimum Gasteiger partial charge on any atom is -0.487 e. The molecule has 0 saturated heterocycles. The second-order valence-corrected chi connectivity index (χ2v) is 6.43. The molecule has 7 nitrogen and oxygen atoms in total. The van der Waals surface area contributed by atoms with Crippen LogP contribution < -0.4 is 4.74 Å². The number of para-hydroxylation sites is 1. The van der Waals surface area contributed by atoms with E-state index in [2.05, 4.69) is 15.5 Å². The van der Waals surface area contributed by atoms with Crippen LogP contribution in [0.25, 0.3) is 11.8 Å². The van der Waals surface area contributed by atoms with Gasteiger partial charge in [0.15, 0.2) is 17.3 Å². The Kier molecular flexibility index (Phi) is 6.62. The average molecular weight is 419 g/mol. The molecule has 0 N–H and O–H groups in total. The number of carbonyl (C=O) groups is 1. The SMILES string of the molecule is Cc1nnnn1/C(=C\c1ccccc1)C(=O)OCCOc1c(Cl)cccc1Cl. The maximum atomic E-state index is 12.6. The summed E-state index contributed by atoms with van der Waals surface area (Å²) in [5, 5.41) is 12.0. The highest BCUT2D eigenvalue weighted by Gasteiger charge is 2.18. The van der Waals surface area contributed by atoms with Gasteiger partial charge in [0.25, 0.3) is 0 Å². The summed E-state index contributed by atoms with van der Waals surface area (Å²) in [4.78, 5) is 12.6. The molecule has 9 heteroatoms. The van der Waals surface area contributed by atoms with Gasteiger partial charge in [-0.1, -0.05) is 59.6 Å². The lowest BCUT2D eigenvalue weighted by Crippen LogP contribution is -2.18. The third-order valence-electron chi connectivity index (χ3n) is 3.65. The monoisotopic (exact) mass is 418 g/mol. The molecule has 0 aliphatic heterocycles. The van der Waals surface area contributed by atoms with Gasteiger partial charge in [-0.2, -0.15) is 4.68 Å². The minimum absolute atomic E-state index is 0.00626. The van der Waals surface area contributed by atoms with E-state index in [1.165, 1.54) is 4.68 Å². The first-order valence-corrected chi connectivity index (χ1v) is 9.08. The highest BCUT2D eigenvalue weighted by atomic mass is 35.5. The number of rotatable bonds is 7. The molecule has 0 aliphatic rings. The molecule has 0 spiro atoms.